The number of azide groups is 1. The Kier molecular flexibility index (Phi) is 5.93. The van der Waals surface area contributed by atoms with Gasteiger partial charge in [-0.25, -0.2) is 4.79 Å². The van der Waals surface area contributed by atoms with Gasteiger partial charge in [0.1, 0.15) is 11.4 Å². The fourth-order valence-corrected chi connectivity index (χ4v) is 2.54. The molecule has 2 rings (SSSR count). The number of likely N-dealkylation sites (tertiary alicyclic amines) is 1. The van der Waals surface area contributed by atoms with Crippen molar-refractivity contribution in [3.63, 3.8) is 0 Å². The van der Waals surface area contributed by atoms with Gasteiger partial charge in [0.15, 0.2) is 5.76 Å². The molecule has 25 heavy (non-hydrogen) atoms. The molecule has 1 N–H and O–H groups in total. The minimum Gasteiger partial charge on any atom is -0.456 e. The van der Waals surface area contributed by atoms with E-state index in [0.29, 0.717) is 31.7 Å². The number of carbonyl (C=O) groups excluding carboxylic acids is 2. The number of alkyl carbamates (subject to hydrolysis) is 1. The Labute approximate surface area is 145 Å². The Morgan fingerprint density at radius 2 is 2.08 bits per heavy atom. The van der Waals surface area contributed by atoms with Crippen LogP contribution in [0.1, 0.15) is 49.9 Å². The fourth-order valence-electron chi connectivity index (χ4n) is 2.54. The predicted octanol–water partition coefficient (Wildman–Crippen LogP) is 3.22. The first-order valence-corrected chi connectivity index (χ1v) is 8.17. The third-order valence-electron chi connectivity index (χ3n) is 3.67. The summed E-state index contributed by atoms with van der Waals surface area (Å²) >= 11 is 0. The van der Waals surface area contributed by atoms with Crippen molar-refractivity contribution < 1.29 is 18.7 Å². The Hall–Kier alpha value is -2.67. The van der Waals surface area contributed by atoms with Gasteiger partial charge in [-0.1, -0.05) is 5.11 Å². The van der Waals surface area contributed by atoms with Crippen LogP contribution in [0.2, 0.25) is 0 Å². The van der Waals surface area contributed by atoms with Crippen molar-refractivity contribution >= 4 is 12.0 Å². The molecule has 0 radical (unpaired) electrons. The molecule has 0 aliphatic carbocycles. The molecule has 1 fully saturated rings. The molecule has 2 amide bonds. The van der Waals surface area contributed by atoms with Gasteiger partial charge in [0, 0.05) is 24.0 Å². The van der Waals surface area contributed by atoms with Gasteiger partial charge in [0.25, 0.3) is 5.91 Å². The molecule has 9 nitrogen and oxygen atoms in total. The minimum atomic E-state index is -0.534. The fraction of sp³-hybridized carbons (Fsp3) is 0.625. The number of hydrogen-bond donors (Lipinski definition) is 1. The molecule has 1 aromatic rings. The second kappa shape index (κ2) is 7.94. The van der Waals surface area contributed by atoms with Crippen LogP contribution in [-0.4, -0.2) is 41.6 Å². The number of ether oxygens (including phenoxy) is 1. The molecule has 0 aromatic carbocycles. The number of carbonyl (C=O) groups is 2. The van der Waals surface area contributed by atoms with Gasteiger partial charge in [-0.3, -0.25) is 4.79 Å². The largest absolute Gasteiger partial charge is 0.456 e. The zero-order chi connectivity index (χ0) is 18.4. The van der Waals surface area contributed by atoms with E-state index in [1.54, 1.807) is 17.0 Å². The lowest BCUT2D eigenvalue weighted by Crippen LogP contribution is -2.47. The summed E-state index contributed by atoms with van der Waals surface area (Å²) in [6, 6.07) is 3.19. The van der Waals surface area contributed by atoms with E-state index < -0.39 is 11.7 Å². The lowest BCUT2D eigenvalue weighted by Gasteiger charge is -2.32. The summed E-state index contributed by atoms with van der Waals surface area (Å²) in [6.45, 7) is 6.55. The molecule has 0 bridgehead atoms. The van der Waals surface area contributed by atoms with Gasteiger partial charge in [0.05, 0.1) is 6.54 Å². The molecule has 9 heteroatoms. The zero-order valence-electron chi connectivity index (χ0n) is 14.7. The standard InChI is InChI=1S/C16H23N5O4/c1-16(2,3)25-15(23)19-11-6-8-21(9-7-11)14(22)13-5-4-12(24-13)10-18-20-17/h4-5,11H,6-10H2,1-3H3,(H,19,23). The number of rotatable bonds is 4. The summed E-state index contributed by atoms with van der Waals surface area (Å²) in [5, 5.41) is 6.23. The van der Waals surface area contributed by atoms with Crippen LogP contribution in [0.4, 0.5) is 4.79 Å². The van der Waals surface area contributed by atoms with Crippen molar-refractivity contribution in [2.24, 2.45) is 5.11 Å². The van der Waals surface area contributed by atoms with Crippen LogP contribution >= 0.6 is 0 Å². The smallest absolute Gasteiger partial charge is 0.407 e. The summed E-state index contributed by atoms with van der Waals surface area (Å²) in [7, 11) is 0. The zero-order valence-corrected chi connectivity index (χ0v) is 14.7. The number of amides is 2. The van der Waals surface area contributed by atoms with E-state index in [1.165, 1.54) is 0 Å². The third kappa shape index (κ3) is 5.72. The second-order valence-corrected chi connectivity index (χ2v) is 6.87. The summed E-state index contributed by atoms with van der Waals surface area (Å²) in [4.78, 5) is 28.5. The molecule has 0 saturated carbocycles. The molecule has 136 valence electrons. The molecule has 2 heterocycles. The third-order valence-corrected chi connectivity index (χ3v) is 3.67. The maximum atomic E-state index is 12.4. The molecule has 0 atom stereocenters. The van der Waals surface area contributed by atoms with Gasteiger partial charge >= 0.3 is 6.09 Å². The summed E-state index contributed by atoms with van der Waals surface area (Å²) < 4.78 is 10.6. The number of furan rings is 1. The van der Waals surface area contributed by atoms with E-state index in [0.717, 1.165) is 0 Å². The molecular weight excluding hydrogens is 326 g/mol. The van der Waals surface area contributed by atoms with Gasteiger partial charge in [-0.2, -0.15) is 0 Å². The maximum absolute atomic E-state index is 12.4. The van der Waals surface area contributed by atoms with Crippen LogP contribution in [0.25, 0.3) is 10.4 Å². The maximum Gasteiger partial charge on any atom is 0.407 e. The minimum absolute atomic E-state index is 0.0176. The molecule has 1 aliphatic heterocycles. The molecule has 0 unspecified atom stereocenters. The van der Waals surface area contributed by atoms with E-state index in [4.69, 9.17) is 14.7 Å². The SMILES string of the molecule is CC(C)(C)OC(=O)NC1CCN(C(=O)c2ccc(CN=[N+]=[N-])o2)CC1. The Balaban J connectivity index is 1.83. The van der Waals surface area contributed by atoms with Gasteiger partial charge in [0.2, 0.25) is 0 Å². The molecule has 0 spiro atoms. The average molecular weight is 349 g/mol. The Morgan fingerprint density at radius 3 is 2.68 bits per heavy atom. The first-order valence-electron chi connectivity index (χ1n) is 8.17. The van der Waals surface area contributed by atoms with Crippen LogP contribution in [0.15, 0.2) is 21.7 Å². The lowest BCUT2D eigenvalue weighted by atomic mass is 10.1. The number of hydrogen-bond acceptors (Lipinski definition) is 5. The molecule has 1 aromatic heterocycles. The van der Waals surface area contributed by atoms with Crippen molar-refractivity contribution in [3.05, 3.63) is 34.1 Å². The van der Waals surface area contributed by atoms with Crippen LogP contribution in [0.5, 0.6) is 0 Å². The average Bonchev–Trinajstić information content (AvgIpc) is 3.00. The molecular formula is C16H23N5O4. The number of piperidine rings is 1. The van der Waals surface area contributed by atoms with Crippen LogP contribution in [0.3, 0.4) is 0 Å². The Bertz CT molecular complexity index is 664. The van der Waals surface area contributed by atoms with E-state index >= 15 is 0 Å². The van der Waals surface area contributed by atoms with E-state index in [9.17, 15) is 9.59 Å². The highest BCUT2D eigenvalue weighted by Crippen LogP contribution is 2.17. The van der Waals surface area contributed by atoms with Crippen molar-refractivity contribution in [1.82, 2.24) is 10.2 Å². The van der Waals surface area contributed by atoms with Gasteiger partial charge < -0.3 is 19.4 Å². The topological polar surface area (TPSA) is 121 Å². The van der Waals surface area contributed by atoms with Gasteiger partial charge in [-0.15, -0.1) is 0 Å². The monoisotopic (exact) mass is 349 g/mol. The first-order chi connectivity index (χ1) is 11.8. The van der Waals surface area contributed by atoms with Crippen LogP contribution in [-0.2, 0) is 11.3 Å². The highest BCUT2D eigenvalue weighted by molar-refractivity contribution is 5.91. The van der Waals surface area contributed by atoms with Crippen molar-refractivity contribution in [2.45, 2.75) is 51.8 Å². The predicted molar refractivity (Wildman–Crippen MR) is 89.9 cm³/mol. The number of nitrogens with zero attached hydrogens (tertiary/aromatic N) is 4. The number of nitrogens with one attached hydrogen (secondary N) is 1. The van der Waals surface area contributed by atoms with Gasteiger partial charge in [-0.05, 0) is 51.3 Å². The van der Waals surface area contributed by atoms with Crippen LogP contribution < -0.4 is 5.32 Å². The molecule has 1 aliphatic rings. The second-order valence-electron chi connectivity index (χ2n) is 6.87. The normalized spacial score (nSPS) is 15.4. The summed E-state index contributed by atoms with van der Waals surface area (Å²) in [6.07, 6.45) is 0.861. The highest BCUT2D eigenvalue weighted by atomic mass is 16.6. The summed E-state index contributed by atoms with van der Waals surface area (Å²) in [5.41, 5.74) is 7.77. The van der Waals surface area contributed by atoms with Crippen molar-refractivity contribution in [2.75, 3.05) is 13.1 Å². The lowest BCUT2D eigenvalue weighted by molar-refractivity contribution is 0.0470. The quantitative estimate of drug-likeness (QED) is 0.509. The van der Waals surface area contributed by atoms with Crippen molar-refractivity contribution in [1.29, 1.82) is 0 Å². The van der Waals surface area contributed by atoms with Crippen molar-refractivity contribution in [3.8, 4) is 0 Å². The highest BCUT2D eigenvalue weighted by Gasteiger charge is 2.27. The molecule has 1 saturated heterocycles. The summed E-state index contributed by atoms with van der Waals surface area (Å²) in [5.74, 6) is 0.465. The first kappa shape index (κ1) is 18.7. The van der Waals surface area contributed by atoms with E-state index in [-0.39, 0.29) is 24.3 Å². The Morgan fingerprint density at radius 1 is 1.40 bits per heavy atom. The van der Waals surface area contributed by atoms with E-state index in [2.05, 4.69) is 15.3 Å². The van der Waals surface area contributed by atoms with E-state index in [1.807, 2.05) is 20.8 Å². The van der Waals surface area contributed by atoms with Crippen LogP contribution in [0, 0.1) is 0 Å².